The second-order valence-electron chi connectivity index (χ2n) is 4.66. The summed E-state index contributed by atoms with van der Waals surface area (Å²) in [6.07, 6.45) is 0. The van der Waals surface area contributed by atoms with E-state index in [0.717, 1.165) is 11.0 Å². The van der Waals surface area contributed by atoms with Gasteiger partial charge in [-0.2, -0.15) is 0 Å². The topological polar surface area (TPSA) is 75.4 Å². The smallest absolute Gasteiger partial charge is 0.257 e. The number of hydrogen-bond donors (Lipinski definition) is 1. The number of hydrogen-bond acceptors (Lipinski definition) is 4. The number of rotatable bonds is 4. The lowest BCUT2D eigenvalue weighted by atomic mass is 10.2. The summed E-state index contributed by atoms with van der Waals surface area (Å²) < 4.78 is 18.4. The van der Waals surface area contributed by atoms with Crippen LogP contribution in [0.15, 0.2) is 28.8 Å². The van der Waals surface area contributed by atoms with Crippen molar-refractivity contribution >= 4 is 29.2 Å². The third kappa shape index (κ3) is 3.82. The first-order valence-electron chi connectivity index (χ1n) is 6.30. The van der Waals surface area contributed by atoms with E-state index in [9.17, 15) is 14.0 Å². The summed E-state index contributed by atoms with van der Waals surface area (Å²) >= 11 is 5.75. The number of likely N-dealkylation sites (N-methyl/N-ethyl adjacent to an activating group) is 1. The predicted octanol–water partition coefficient (Wildman–Crippen LogP) is 2.49. The molecule has 1 N–H and O–H groups in total. The molecule has 0 radical (unpaired) electrons. The van der Waals surface area contributed by atoms with Gasteiger partial charge in [-0.05, 0) is 25.1 Å². The molecule has 0 unspecified atom stereocenters. The fourth-order valence-electron chi connectivity index (χ4n) is 1.76. The third-order valence-electron chi connectivity index (χ3n) is 2.78. The Morgan fingerprint density at radius 3 is 2.77 bits per heavy atom. The van der Waals surface area contributed by atoms with E-state index in [1.807, 2.05) is 0 Å². The van der Waals surface area contributed by atoms with Crippen molar-refractivity contribution in [2.75, 3.05) is 18.9 Å². The Bertz CT molecular complexity index is 717. The zero-order chi connectivity index (χ0) is 16.3. The highest BCUT2D eigenvalue weighted by molar-refractivity contribution is 6.31. The average molecular weight is 326 g/mol. The maximum Gasteiger partial charge on any atom is 0.257 e. The number of nitrogens with zero attached hydrogens (tertiary/aromatic N) is 2. The van der Waals surface area contributed by atoms with Crippen molar-refractivity contribution in [3.05, 3.63) is 46.4 Å². The molecule has 0 atom stereocenters. The molecule has 0 fully saturated rings. The van der Waals surface area contributed by atoms with Gasteiger partial charge in [0.2, 0.25) is 5.91 Å². The van der Waals surface area contributed by atoms with E-state index in [1.54, 1.807) is 6.92 Å². The standard InChI is InChI=1S/C14H13ClFN3O3/c1-8-5-12(18-22-8)17-13(20)7-19(2)14(21)10-6-9(15)3-4-11(10)16/h3-6H,7H2,1-2H3,(H,17,18,20). The van der Waals surface area contributed by atoms with E-state index in [4.69, 9.17) is 16.1 Å². The summed E-state index contributed by atoms with van der Waals surface area (Å²) in [6.45, 7) is 1.41. The van der Waals surface area contributed by atoms with Crippen LogP contribution < -0.4 is 5.32 Å². The molecule has 1 aromatic heterocycles. The molecule has 2 aromatic rings. The Kier molecular flexibility index (Phi) is 4.77. The highest BCUT2D eigenvalue weighted by Gasteiger charge is 2.19. The monoisotopic (exact) mass is 325 g/mol. The Morgan fingerprint density at radius 2 is 2.14 bits per heavy atom. The minimum absolute atomic E-state index is 0.194. The molecule has 0 spiro atoms. The highest BCUT2D eigenvalue weighted by Crippen LogP contribution is 2.16. The van der Waals surface area contributed by atoms with Gasteiger partial charge in [-0.3, -0.25) is 9.59 Å². The van der Waals surface area contributed by atoms with Crippen LogP contribution in [0.5, 0.6) is 0 Å². The van der Waals surface area contributed by atoms with E-state index in [0.29, 0.717) is 5.76 Å². The molecule has 0 saturated heterocycles. The van der Waals surface area contributed by atoms with E-state index in [-0.39, 0.29) is 22.9 Å². The Balaban J connectivity index is 2.01. The predicted molar refractivity (Wildman–Crippen MR) is 78.2 cm³/mol. The number of benzene rings is 1. The van der Waals surface area contributed by atoms with Gasteiger partial charge in [-0.25, -0.2) is 4.39 Å². The first-order valence-corrected chi connectivity index (χ1v) is 6.68. The Labute approximate surface area is 130 Å². The minimum atomic E-state index is -0.700. The molecular weight excluding hydrogens is 313 g/mol. The third-order valence-corrected chi connectivity index (χ3v) is 3.02. The summed E-state index contributed by atoms with van der Waals surface area (Å²) in [4.78, 5) is 25.0. The van der Waals surface area contributed by atoms with Gasteiger partial charge in [0.1, 0.15) is 11.6 Å². The first-order chi connectivity index (χ1) is 10.4. The number of halogens is 2. The molecule has 116 valence electrons. The molecule has 6 nitrogen and oxygen atoms in total. The lowest BCUT2D eigenvalue weighted by Crippen LogP contribution is -2.35. The zero-order valence-corrected chi connectivity index (χ0v) is 12.6. The van der Waals surface area contributed by atoms with Crippen LogP contribution in [0.3, 0.4) is 0 Å². The van der Waals surface area contributed by atoms with E-state index in [2.05, 4.69) is 10.5 Å². The zero-order valence-electron chi connectivity index (χ0n) is 11.9. The molecule has 1 heterocycles. The van der Waals surface area contributed by atoms with E-state index >= 15 is 0 Å². The average Bonchev–Trinajstić information content (AvgIpc) is 2.85. The largest absolute Gasteiger partial charge is 0.360 e. The van der Waals surface area contributed by atoms with Crippen molar-refractivity contribution in [1.29, 1.82) is 0 Å². The lowest BCUT2D eigenvalue weighted by molar-refractivity contribution is -0.116. The maximum absolute atomic E-state index is 13.6. The summed E-state index contributed by atoms with van der Waals surface area (Å²) in [5.74, 6) is -1.04. The molecule has 0 aliphatic heterocycles. The van der Waals surface area contributed by atoms with E-state index in [1.165, 1.54) is 25.2 Å². The fraction of sp³-hybridized carbons (Fsp3) is 0.214. The van der Waals surface area contributed by atoms with Crippen molar-refractivity contribution in [3.8, 4) is 0 Å². The molecule has 2 amide bonds. The van der Waals surface area contributed by atoms with Gasteiger partial charge in [0.05, 0.1) is 12.1 Å². The van der Waals surface area contributed by atoms with Gasteiger partial charge >= 0.3 is 0 Å². The molecule has 0 aliphatic carbocycles. The van der Waals surface area contributed by atoms with Gasteiger partial charge in [0, 0.05) is 18.1 Å². The van der Waals surface area contributed by atoms with Crippen LogP contribution in [0.25, 0.3) is 0 Å². The first kappa shape index (κ1) is 16.0. The van der Waals surface area contributed by atoms with Crippen molar-refractivity contribution in [1.82, 2.24) is 10.1 Å². The van der Waals surface area contributed by atoms with Crippen LogP contribution >= 0.6 is 11.6 Å². The number of anilines is 1. The van der Waals surface area contributed by atoms with Crippen molar-refractivity contribution in [3.63, 3.8) is 0 Å². The van der Waals surface area contributed by atoms with Gasteiger partial charge in [-0.1, -0.05) is 16.8 Å². The molecule has 2 rings (SSSR count). The normalized spacial score (nSPS) is 10.4. The summed E-state index contributed by atoms with van der Waals surface area (Å²) in [7, 11) is 1.39. The quantitative estimate of drug-likeness (QED) is 0.937. The van der Waals surface area contributed by atoms with Crippen LogP contribution in [-0.4, -0.2) is 35.5 Å². The number of nitrogens with one attached hydrogen (secondary N) is 1. The Morgan fingerprint density at radius 1 is 1.41 bits per heavy atom. The van der Waals surface area contributed by atoms with Crippen LogP contribution in [0, 0.1) is 12.7 Å². The van der Waals surface area contributed by atoms with Crippen LogP contribution in [0.2, 0.25) is 5.02 Å². The molecular formula is C14H13ClFN3O3. The highest BCUT2D eigenvalue weighted by atomic mass is 35.5. The SMILES string of the molecule is Cc1cc(NC(=O)CN(C)C(=O)c2cc(Cl)ccc2F)no1. The lowest BCUT2D eigenvalue weighted by Gasteiger charge is -2.16. The number of aromatic nitrogens is 1. The van der Waals surface area contributed by atoms with Crippen molar-refractivity contribution in [2.45, 2.75) is 6.92 Å². The van der Waals surface area contributed by atoms with Gasteiger partial charge in [0.15, 0.2) is 5.82 Å². The van der Waals surface area contributed by atoms with Crippen molar-refractivity contribution in [2.24, 2.45) is 0 Å². The summed E-state index contributed by atoms with van der Waals surface area (Å²) in [5, 5.41) is 6.31. The molecule has 22 heavy (non-hydrogen) atoms. The number of carbonyl (C=O) groups excluding carboxylic acids is 2. The summed E-state index contributed by atoms with van der Waals surface area (Å²) in [6, 6.07) is 5.19. The molecule has 1 aromatic carbocycles. The molecule has 0 saturated carbocycles. The minimum Gasteiger partial charge on any atom is -0.360 e. The van der Waals surface area contributed by atoms with Crippen LogP contribution in [0.1, 0.15) is 16.1 Å². The van der Waals surface area contributed by atoms with E-state index < -0.39 is 17.6 Å². The number of aryl methyl sites for hydroxylation is 1. The fourth-order valence-corrected chi connectivity index (χ4v) is 1.93. The van der Waals surface area contributed by atoms with Crippen LogP contribution in [-0.2, 0) is 4.79 Å². The molecule has 8 heteroatoms. The van der Waals surface area contributed by atoms with Gasteiger partial charge in [-0.15, -0.1) is 0 Å². The number of carbonyl (C=O) groups is 2. The van der Waals surface area contributed by atoms with Gasteiger partial charge < -0.3 is 14.7 Å². The second kappa shape index (κ2) is 6.57. The molecule has 0 bridgehead atoms. The summed E-state index contributed by atoms with van der Waals surface area (Å²) in [5.41, 5.74) is -0.194. The van der Waals surface area contributed by atoms with Crippen LogP contribution in [0.4, 0.5) is 10.2 Å². The Hall–Kier alpha value is -2.41. The van der Waals surface area contributed by atoms with Gasteiger partial charge in [0.25, 0.3) is 5.91 Å². The maximum atomic E-state index is 13.6. The molecule has 0 aliphatic rings. The number of amides is 2. The second-order valence-corrected chi connectivity index (χ2v) is 5.09. The van der Waals surface area contributed by atoms with Crippen molar-refractivity contribution < 1.29 is 18.5 Å².